The number of ether oxygens (including phenoxy) is 1. The first-order valence-electron chi connectivity index (χ1n) is 24.1. The van der Waals surface area contributed by atoms with Crippen LogP contribution in [-0.4, -0.2) is 0 Å². The van der Waals surface area contributed by atoms with E-state index in [4.69, 9.17) is 4.74 Å². The van der Waals surface area contributed by atoms with Crippen LogP contribution in [0, 0.1) is 0 Å². The van der Waals surface area contributed by atoms with Crippen molar-refractivity contribution in [1.82, 2.24) is 0 Å². The van der Waals surface area contributed by atoms with Crippen LogP contribution in [0.5, 0.6) is 11.5 Å². The molecule has 2 heterocycles. The molecule has 1 aliphatic heterocycles. The fraction of sp³-hybridized carbons (Fsp3) is 0.0149. The second-order valence-corrected chi connectivity index (χ2v) is 19.6. The lowest BCUT2D eigenvalue weighted by molar-refractivity contribution is 0.489. The third-order valence-electron chi connectivity index (χ3n) is 15.1. The van der Waals surface area contributed by atoms with Crippen molar-refractivity contribution in [3.63, 3.8) is 0 Å². The predicted molar refractivity (Wildman–Crippen MR) is 292 cm³/mol. The first-order chi connectivity index (χ1) is 34.8. The molecule has 11 aromatic carbocycles. The van der Waals surface area contributed by atoms with Gasteiger partial charge < -0.3 is 9.64 Å². The highest BCUT2D eigenvalue weighted by Gasteiger charge is 2.50. The van der Waals surface area contributed by atoms with E-state index in [0.29, 0.717) is 0 Å². The quantitative estimate of drug-likeness (QED) is 0.174. The molecule has 0 saturated carbocycles. The van der Waals surface area contributed by atoms with E-state index in [1.165, 1.54) is 75.8 Å². The largest absolute Gasteiger partial charge is 0.454 e. The Labute approximate surface area is 410 Å². The summed E-state index contributed by atoms with van der Waals surface area (Å²) in [6.45, 7) is 0. The molecule has 0 radical (unpaired) electrons. The van der Waals surface area contributed by atoms with Crippen molar-refractivity contribution < 1.29 is 4.74 Å². The van der Waals surface area contributed by atoms with Crippen molar-refractivity contribution in [1.29, 1.82) is 0 Å². The Balaban J connectivity index is 1.08. The minimum atomic E-state index is -0.691. The number of para-hydroxylation sites is 3. The Morgan fingerprint density at radius 1 is 0.343 bits per heavy atom. The number of hydrogen-bond acceptors (Lipinski definition) is 3. The molecule has 3 aliphatic rings. The van der Waals surface area contributed by atoms with Crippen LogP contribution in [0.15, 0.2) is 249 Å². The Kier molecular flexibility index (Phi) is 8.48. The molecular weight excluding hydrogens is 867 g/mol. The van der Waals surface area contributed by atoms with Crippen LogP contribution in [0.25, 0.3) is 86.9 Å². The van der Waals surface area contributed by atoms with E-state index < -0.39 is 5.41 Å². The molecule has 12 aromatic rings. The van der Waals surface area contributed by atoms with Gasteiger partial charge in [-0.25, -0.2) is 0 Å². The highest BCUT2D eigenvalue weighted by atomic mass is 32.1. The predicted octanol–water partition coefficient (Wildman–Crippen LogP) is 18.6. The molecule has 0 saturated heterocycles. The van der Waals surface area contributed by atoms with E-state index >= 15 is 0 Å². The standard InChI is InChI=1S/C67H41NOS/c1-2-19-42(20-3-1)44-21-10-15-33-60(44)68(61-34-18-30-53-48-25-7-6-24-47(48)51-27-11-16-35-62(51)69-65(53)61)43-37-38-50-46-23-5-4-22-45(46)49-26-8-13-31-56(49)67(59(50)41-43)57-32-14-9-29-55(57)64-58(67)40-39-54-52-28-12-17-36-63(52)70-66(54)64/h1-41H. The lowest BCUT2D eigenvalue weighted by Crippen LogP contribution is -2.29. The Morgan fingerprint density at radius 3 is 1.69 bits per heavy atom. The maximum atomic E-state index is 7.32. The molecular formula is C67H41NOS. The van der Waals surface area contributed by atoms with Crippen molar-refractivity contribution in [3.8, 4) is 78.3 Å². The second kappa shape index (κ2) is 15.1. The molecule has 1 unspecified atom stereocenters. The zero-order chi connectivity index (χ0) is 45.9. The van der Waals surface area contributed by atoms with Gasteiger partial charge in [-0.1, -0.05) is 212 Å². The molecule has 326 valence electrons. The summed E-state index contributed by atoms with van der Waals surface area (Å²) in [6, 6.07) is 91.9. The molecule has 0 fully saturated rings. The van der Waals surface area contributed by atoms with Gasteiger partial charge in [-0.2, -0.15) is 0 Å². The summed E-state index contributed by atoms with van der Waals surface area (Å²) in [6.07, 6.45) is 0. The maximum absolute atomic E-state index is 7.32. The molecule has 0 bridgehead atoms. The number of benzene rings is 11. The zero-order valence-corrected chi connectivity index (χ0v) is 38.8. The van der Waals surface area contributed by atoms with E-state index in [2.05, 4.69) is 254 Å². The van der Waals surface area contributed by atoms with Crippen molar-refractivity contribution in [2.75, 3.05) is 4.90 Å². The SMILES string of the molecule is c1ccc(-c2ccccc2N(c2ccc3c(c2)C2(c4ccccc4-c4ccccc4-3)c3ccccc3-c3c2ccc2c3sc3ccccc32)c2cccc3c2Oc2ccccc2-c2ccccc2-3)cc1. The van der Waals surface area contributed by atoms with E-state index in [0.717, 1.165) is 61.9 Å². The first-order valence-corrected chi connectivity index (χ1v) is 24.9. The molecule has 1 aromatic heterocycles. The Hall–Kier alpha value is -8.76. The van der Waals surface area contributed by atoms with Gasteiger partial charge in [0.2, 0.25) is 0 Å². The zero-order valence-electron chi connectivity index (χ0n) is 37.9. The minimum absolute atomic E-state index is 0.691. The summed E-state index contributed by atoms with van der Waals surface area (Å²) in [5.41, 5.74) is 21.7. The summed E-state index contributed by atoms with van der Waals surface area (Å²) in [4.78, 5) is 2.46. The number of thiophene rings is 1. The average Bonchev–Trinajstić information content (AvgIpc) is 3.87. The van der Waals surface area contributed by atoms with Crippen LogP contribution in [0.4, 0.5) is 17.1 Å². The minimum Gasteiger partial charge on any atom is -0.454 e. The van der Waals surface area contributed by atoms with Crippen LogP contribution < -0.4 is 9.64 Å². The molecule has 3 heteroatoms. The first kappa shape index (κ1) is 39.3. The van der Waals surface area contributed by atoms with Crippen LogP contribution in [0.2, 0.25) is 0 Å². The van der Waals surface area contributed by atoms with Gasteiger partial charge in [0.25, 0.3) is 0 Å². The molecule has 1 spiro atoms. The van der Waals surface area contributed by atoms with E-state index in [1.54, 1.807) is 0 Å². The van der Waals surface area contributed by atoms with Gasteiger partial charge >= 0.3 is 0 Å². The average molecular weight is 908 g/mol. The lowest BCUT2D eigenvalue weighted by atomic mass is 9.65. The summed E-state index contributed by atoms with van der Waals surface area (Å²) >= 11 is 1.92. The number of anilines is 3. The van der Waals surface area contributed by atoms with Gasteiger partial charge in [0.1, 0.15) is 5.75 Å². The summed E-state index contributed by atoms with van der Waals surface area (Å²) in [7, 11) is 0. The van der Waals surface area contributed by atoms with Gasteiger partial charge in [0, 0.05) is 48.1 Å². The van der Waals surface area contributed by atoms with E-state index in [-0.39, 0.29) is 0 Å². The van der Waals surface area contributed by atoms with Gasteiger partial charge in [0.15, 0.2) is 5.75 Å². The normalized spacial score (nSPS) is 14.5. The van der Waals surface area contributed by atoms with Crippen molar-refractivity contribution >= 4 is 48.6 Å². The summed E-state index contributed by atoms with van der Waals surface area (Å²) in [5.74, 6) is 1.64. The summed E-state index contributed by atoms with van der Waals surface area (Å²) in [5, 5.41) is 2.62. The Morgan fingerprint density at radius 2 is 0.900 bits per heavy atom. The molecule has 0 amide bonds. The molecule has 0 N–H and O–H groups in total. The third kappa shape index (κ3) is 5.44. The van der Waals surface area contributed by atoms with Crippen LogP contribution in [0.1, 0.15) is 22.3 Å². The topological polar surface area (TPSA) is 12.5 Å². The Bertz CT molecular complexity index is 4130. The van der Waals surface area contributed by atoms with E-state index in [1.807, 2.05) is 11.3 Å². The van der Waals surface area contributed by atoms with Gasteiger partial charge in [0.05, 0.1) is 16.8 Å². The van der Waals surface area contributed by atoms with Crippen molar-refractivity contribution in [3.05, 3.63) is 271 Å². The fourth-order valence-corrected chi connectivity index (χ4v) is 13.5. The van der Waals surface area contributed by atoms with Crippen molar-refractivity contribution in [2.24, 2.45) is 0 Å². The number of rotatable bonds is 4. The monoisotopic (exact) mass is 907 g/mol. The highest BCUT2D eigenvalue weighted by Crippen LogP contribution is 2.64. The third-order valence-corrected chi connectivity index (χ3v) is 16.3. The molecule has 2 nitrogen and oxygen atoms in total. The fourth-order valence-electron chi connectivity index (χ4n) is 12.3. The maximum Gasteiger partial charge on any atom is 0.159 e. The second-order valence-electron chi connectivity index (χ2n) is 18.6. The number of hydrogen-bond donors (Lipinski definition) is 0. The molecule has 15 rings (SSSR count). The molecule has 2 aliphatic carbocycles. The van der Waals surface area contributed by atoms with E-state index in [9.17, 15) is 0 Å². The number of fused-ring (bicyclic) bond motifs is 21. The van der Waals surface area contributed by atoms with Crippen LogP contribution >= 0.6 is 11.3 Å². The lowest BCUT2D eigenvalue weighted by Gasteiger charge is -2.37. The molecule has 70 heavy (non-hydrogen) atoms. The van der Waals surface area contributed by atoms with Gasteiger partial charge in [-0.05, 0) is 103 Å². The van der Waals surface area contributed by atoms with Gasteiger partial charge in [-0.15, -0.1) is 11.3 Å². The highest BCUT2D eigenvalue weighted by molar-refractivity contribution is 7.26. The van der Waals surface area contributed by atoms with Crippen molar-refractivity contribution in [2.45, 2.75) is 5.41 Å². The van der Waals surface area contributed by atoms with Crippen LogP contribution in [-0.2, 0) is 5.41 Å². The smallest absolute Gasteiger partial charge is 0.159 e. The molecule has 1 atom stereocenters. The van der Waals surface area contributed by atoms with Crippen LogP contribution in [0.3, 0.4) is 0 Å². The summed E-state index contributed by atoms with van der Waals surface area (Å²) < 4.78 is 9.97. The van der Waals surface area contributed by atoms with Gasteiger partial charge in [-0.3, -0.25) is 0 Å². The number of nitrogens with zero attached hydrogens (tertiary/aromatic N) is 1.